The van der Waals surface area contributed by atoms with Gasteiger partial charge in [0.2, 0.25) is 0 Å². The zero-order chi connectivity index (χ0) is 0. The first-order valence-corrected chi connectivity index (χ1v) is 0. The molecular weight excluding hydrogens is 158 g/mol. The van der Waals surface area contributed by atoms with Gasteiger partial charge in [0.05, 0.1) is 0 Å². The van der Waals surface area contributed by atoms with Gasteiger partial charge in [0.25, 0.3) is 0 Å². The molecule has 0 rings (SSSR count). The Bertz CT molecular complexity index is 19.6. The minimum Gasteiger partial charge on any atom is -1.00 e. The molecule has 0 aromatic carbocycles. The molecule has 0 unspecified atom stereocenters. The summed E-state index contributed by atoms with van der Waals surface area (Å²) in [6, 6.07) is 0. The van der Waals surface area contributed by atoms with E-state index in [-0.39, 0.29) is 100 Å². The minimum absolute atomic E-state index is 0. The van der Waals surface area contributed by atoms with E-state index in [1.165, 1.54) is 0 Å². The minimum atomic E-state index is 0. The Labute approximate surface area is 99.5 Å². The first-order valence-electron chi connectivity index (χ1n) is 0. The maximum absolute atomic E-state index is 0. The maximum Gasteiger partial charge on any atom is 1.00 e. The molecule has 0 saturated heterocycles. The molecule has 0 aliphatic carbocycles. The van der Waals surface area contributed by atoms with Crippen LogP contribution in [0.25, 0.3) is 0 Å². The maximum atomic E-state index is 0. The van der Waals surface area contributed by atoms with Crippen LogP contribution in [0.3, 0.4) is 0 Å². The van der Waals surface area contributed by atoms with Gasteiger partial charge in [0.15, 0.2) is 0 Å². The van der Waals surface area contributed by atoms with Gasteiger partial charge in [0.1, 0.15) is 0 Å². The first kappa shape index (κ1) is 188. The van der Waals surface area contributed by atoms with Crippen LogP contribution < -0.4 is 48.4 Å². The van der Waals surface area contributed by atoms with E-state index < -0.39 is 0 Å². The van der Waals surface area contributed by atoms with E-state index in [9.17, 15) is 0 Å². The fourth-order valence-corrected chi connectivity index (χ4v) is 0. The molecule has 5 nitrogen and oxygen atoms in total. The Morgan fingerprint density at radius 1 is 0.625 bits per heavy atom. The summed E-state index contributed by atoms with van der Waals surface area (Å²) < 4.78 is 0. The van der Waals surface area contributed by atoms with E-state index in [0.717, 1.165) is 0 Å². The van der Waals surface area contributed by atoms with Gasteiger partial charge in [-0.3, -0.25) is 0 Å². The van der Waals surface area contributed by atoms with Crippen molar-refractivity contribution in [2.24, 2.45) is 0 Å². The number of hydrogen-bond donors (Lipinski definition) is 0. The zero-order valence-corrected chi connectivity index (χ0v) is 8.56. The van der Waals surface area contributed by atoms with Crippen LogP contribution in [0.2, 0.25) is 0 Å². The van der Waals surface area contributed by atoms with Crippen molar-refractivity contribution in [3.8, 4) is 0 Å². The molecule has 0 spiro atoms. The largest absolute Gasteiger partial charge is 1.00 e. The normalized spacial score (nSPS) is 0. The van der Waals surface area contributed by atoms with Crippen molar-refractivity contribution in [3.05, 3.63) is 0 Å². The molecule has 0 radical (unpaired) electrons. The zero-order valence-electron chi connectivity index (χ0n) is 7.00. The fourth-order valence-electron chi connectivity index (χ4n) is 0. The molecule has 0 saturated carbocycles. The van der Waals surface area contributed by atoms with Gasteiger partial charge in [0, 0.05) is 21.7 Å². The molecule has 8 heavy (non-hydrogen) atoms. The molecule has 0 aliphatic heterocycles. The van der Waals surface area contributed by atoms with Gasteiger partial charge in [-0.2, -0.15) is 0 Å². The van der Waals surface area contributed by atoms with E-state index in [2.05, 4.69) is 0 Å². The third-order valence-corrected chi connectivity index (χ3v) is 0. The second kappa shape index (κ2) is 134. The van der Waals surface area contributed by atoms with Crippen molar-refractivity contribution in [2.45, 2.75) is 0 Å². The average molecular weight is 170 g/mol. The smallest absolute Gasteiger partial charge is 1.00 e. The second-order valence-electron chi connectivity index (χ2n) is 0. The van der Waals surface area contributed by atoms with Crippen LogP contribution in [0.4, 0.5) is 0 Å². The van der Waals surface area contributed by atoms with E-state index in [0.29, 0.717) is 0 Å². The summed E-state index contributed by atoms with van der Waals surface area (Å²) in [7, 11) is 0. The molecule has 10 N–H and O–H groups in total. The van der Waals surface area contributed by atoms with Crippen LogP contribution in [-0.2, 0) is 21.7 Å². The van der Waals surface area contributed by atoms with E-state index in [1.807, 2.05) is 0 Å². The summed E-state index contributed by atoms with van der Waals surface area (Å²) in [6.45, 7) is 0. The van der Waals surface area contributed by atoms with Crippen molar-refractivity contribution in [2.75, 3.05) is 0 Å². The van der Waals surface area contributed by atoms with Crippen molar-refractivity contribution in [1.29, 1.82) is 0 Å². The standard InChI is InChI=1S/Li.Na.5H2O.Ti.2H/h;;5*1H2;;;/q2*+1;;;;;;;2*-1. The van der Waals surface area contributed by atoms with Gasteiger partial charge in [-0.15, -0.1) is 0 Å². The summed E-state index contributed by atoms with van der Waals surface area (Å²) in [4.78, 5) is 0. The Kier molecular flexibility index (Phi) is 3160. The van der Waals surface area contributed by atoms with Gasteiger partial charge in [-0.25, -0.2) is 0 Å². The quantitative estimate of drug-likeness (QED) is 0.316. The third kappa shape index (κ3) is 92.0. The van der Waals surface area contributed by atoms with Crippen LogP contribution in [-0.4, -0.2) is 27.4 Å². The summed E-state index contributed by atoms with van der Waals surface area (Å²) in [5.74, 6) is 0. The van der Waals surface area contributed by atoms with E-state index in [1.54, 1.807) is 0 Å². The Morgan fingerprint density at radius 3 is 0.625 bits per heavy atom. The van der Waals surface area contributed by atoms with Gasteiger partial charge >= 0.3 is 48.4 Å². The van der Waals surface area contributed by atoms with Crippen LogP contribution >= 0.6 is 0 Å². The Morgan fingerprint density at radius 2 is 0.625 bits per heavy atom. The van der Waals surface area contributed by atoms with Gasteiger partial charge in [-0.1, -0.05) is 0 Å². The summed E-state index contributed by atoms with van der Waals surface area (Å²) in [5.41, 5.74) is 0. The van der Waals surface area contributed by atoms with Crippen molar-refractivity contribution < 1.29 is 100 Å². The molecule has 48 valence electrons. The summed E-state index contributed by atoms with van der Waals surface area (Å²) in [6.07, 6.45) is 0. The number of rotatable bonds is 0. The second-order valence-corrected chi connectivity index (χ2v) is 0. The Hall–Kier alpha value is 2.11. The molecule has 0 atom stereocenters. The van der Waals surface area contributed by atoms with Crippen molar-refractivity contribution in [1.82, 2.24) is 0 Å². The van der Waals surface area contributed by atoms with Crippen molar-refractivity contribution >= 4 is 0 Å². The van der Waals surface area contributed by atoms with Crippen molar-refractivity contribution in [3.63, 3.8) is 0 Å². The molecule has 0 bridgehead atoms. The van der Waals surface area contributed by atoms with Crippen LogP contribution in [0, 0.1) is 0 Å². The molecule has 0 aromatic rings. The third-order valence-electron chi connectivity index (χ3n) is 0. The van der Waals surface area contributed by atoms with Gasteiger partial charge in [-0.05, 0) is 0 Å². The Balaban J connectivity index is 0. The van der Waals surface area contributed by atoms with Crippen LogP contribution in [0.15, 0.2) is 0 Å². The molecule has 0 fully saturated rings. The average Bonchev–Trinajstić information content (AvgIpc) is 0. The molecule has 0 aromatic heterocycles. The van der Waals surface area contributed by atoms with Gasteiger partial charge < -0.3 is 30.2 Å². The summed E-state index contributed by atoms with van der Waals surface area (Å²) >= 11 is 0. The van der Waals surface area contributed by atoms with Crippen LogP contribution in [0.1, 0.15) is 2.85 Å². The fraction of sp³-hybridized carbons (Fsp3) is 0. The molecule has 0 heterocycles. The van der Waals surface area contributed by atoms with Crippen LogP contribution in [0.5, 0.6) is 0 Å². The molecule has 8 heteroatoms. The molecule has 0 aliphatic rings. The van der Waals surface area contributed by atoms with E-state index >= 15 is 0 Å². The predicted molar refractivity (Wildman–Crippen MR) is 20.3 cm³/mol. The topological polar surface area (TPSA) is 158 Å². The first-order chi connectivity index (χ1) is 0. The number of hydrogen-bond acceptors (Lipinski definition) is 0. The SMILES string of the molecule is O.O.O.O.O.[H-].[H-].[Li+].[Na+].[Ti]. The predicted octanol–water partition coefficient (Wildman–Crippen LogP) is -9.89. The summed E-state index contributed by atoms with van der Waals surface area (Å²) in [5, 5.41) is 0. The van der Waals surface area contributed by atoms with E-state index in [4.69, 9.17) is 0 Å². The molecule has 0 amide bonds. The monoisotopic (exact) mass is 170 g/mol. The molecular formula is H12LiNaO5Ti.